The predicted octanol–water partition coefficient (Wildman–Crippen LogP) is 2.15. The SMILES string of the molecule is CC1(CNC(=O)C2(C#N)CCCCC2)CCCO1. The molecule has 18 heavy (non-hydrogen) atoms. The van der Waals surface area contributed by atoms with Crippen molar-refractivity contribution in [1.29, 1.82) is 5.26 Å². The molecule has 1 heterocycles. The van der Waals surface area contributed by atoms with E-state index in [9.17, 15) is 10.1 Å². The molecule has 4 heteroatoms. The zero-order chi connectivity index (χ0) is 13.1. The van der Waals surface area contributed by atoms with Gasteiger partial charge in [-0.15, -0.1) is 0 Å². The minimum Gasteiger partial charge on any atom is -0.373 e. The average Bonchev–Trinajstić information content (AvgIpc) is 2.84. The van der Waals surface area contributed by atoms with Crippen LogP contribution in [0.3, 0.4) is 0 Å². The first-order chi connectivity index (χ1) is 8.60. The van der Waals surface area contributed by atoms with E-state index in [1.54, 1.807) is 0 Å². The summed E-state index contributed by atoms with van der Waals surface area (Å²) in [5.74, 6) is -0.0959. The van der Waals surface area contributed by atoms with Crippen molar-refractivity contribution in [3.8, 4) is 6.07 Å². The number of nitriles is 1. The van der Waals surface area contributed by atoms with Gasteiger partial charge in [-0.3, -0.25) is 4.79 Å². The van der Waals surface area contributed by atoms with Crippen LogP contribution in [-0.4, -0.2) is 24.7 Å². The lowest BCUT2D eigenvalue weighted by Crippen LogP contribution is -2.47. The molecule has 1 unspecified atom stereocenters. The van der Waals surface area contributed by atoms with Crippen molar-refractivity contribution in [3.63, 3.8) is 0 Å². The molecule has 1 aliphatic heterocycles. The molecule has 100 valence electrons. The summed E-state index contributed by atoms with van der Waals surface area (Å²) in [6.07, 6.45) is 6.53. The molecule has 2 rings (SSSR count). The Kier molecular flexibility index (Phi) is 3.91. The maximum absolute atomic E-state index is 12.3. The van der Waals surface area contributed by atoms with Gasteiger partial charge in [-0.1, -0.05) is 19.3 Å². The number of nitrogens with one attached hydrogen (secondary N) is 1. The van der Waals surface area contributed by atoms with Crippen molar-refractivity contribution in [2.24, 2.45) is 5.41 Å². The molecule has 1 aliphatic carbocycles. The van der Waals surface area contributed by atoms with Gasteiger partial charge in [0.25, 0.3) is 0 Å². The third-order valence-electron chi connectivity index (χ3n) is 4.28. The van der Waals surface area contributed by atoms with E-state index in [2.05, 4.69) is 11.4 Å². The van der Waals surface area contributed by atoms with Crippen molar-refractivity contribution in [3.05, 3.63) is 0 Å². The van der Waals surface area contributed by atoms with E-state index in [4.69, 9.17) is 4.74 Å². The van der Waals surface area contributed by atoms with Gasteiger partial charge in [0.05, 0.1) is 11.7 Å². The van der Waals surface area contributed by atoms with Crippen LogP contribution in [0, 0.1) is 16.7 Å². The highest BCUT2D eigenvalue weighted by atomic mass is 16.5. The molecule has 1 amide bonds. The fourth-order valence-corrected chi connectivity index (χ4v) is 2.96. The van der Waals surface area contributed by atoms with Crippen molar-refractivity contribution in [2.45, 2.75) is 57.5 Å². The van der Waals surface area contributed by atoms with E-state index >= 15 is 0 Å². The third-order valence-corrected chi connectivity index (χ3v) is 4.28. The summed E-state index contributed by atoms with van der Waals surface area (Å²) in [6, 6.07) is 2.25. The molecular weight excluding hydrogens is 228 g/mol. The van der Waals surface area contributed by atoms with Crippen LogP contribution in [0.1, 0.15) is 51.9 Å². The van der Waals surface area contributed by atoms with E-state index in [-0.39, 0.29) is 11.5 Å². The van der Waals surface area contributed by atoms with Crippen molar-refractivity contribution >= 4 is 5.91 Å². The normalized spacial score (nSPS) is 30.7. The first-order valence-electron chi connectivity index (χ1n) is 6.94. The Balaban J connectivity index is 1.92. The number of carbonyl (C=O) groups excluding carboxylic acids is 1. The van der Waals surface area contributed by atoms with Gasteiger partial charge in [0, 0.05) is 13.2 Å². The molecule has 0 bridgehead atoms. The van der Waals surface area contributed by atoms with Crippen LogP contribution in [0.2, 0.25) is 0 Å². The highest BCUT2D eigenvalue weighted by Crippen LogP contribution is 2.36. The number of nitrogens with zero attached hydrogens (tertiary/aromatic N) is 1. The minimum absolute atomic E-state index is 0.0959. The third kappa shape index (κ3) is 2.67. The van der Waals surface area contributed by atoms with Crippen LogP contribution in [0.15, 0.2) is 0 Å². The van der Waals surface area contributed by atoms with Crippen LogP contribution in [0.4, 0.5) is 0 Å². The first-order valence-corrected chi connectivity index (χ1v) is 6.94. The zero-order valence-corrected chi connectivity index (χ0v) is 11.1. The van der Waals surface area contributed by atoms with E-state index in [1.165, 1.54) is 0 Å². The van der Waals surface area contributed by atoms with Crippen LogP contribution in [0.5, 0.6) is 0 Å². The van der Waals surface area contributed by atoms with E-state index in [0.29, 0.717) is 19.4 Å². The molecule has 1 saturated heterocycles. The summed E-state index contributed by atoms with van der Waals surface area (Å²) < 4.78 is 5.65. The second-order valence-electron chi connectivity index (χ2n) is 5.84. The van der Waals surface area contributed by atoms with Crippen LogP contribution < -0.4 is 5.32 Å². The fourth-order valence-electron chi connectivity index (χ4n) is 2.96. The van der Waals surface area contributed by atoms with Gasteiger partial charge in [-0.2, -0.15) is 5.26 Å². The Bertz CT molecular complexity index is 347. The molecule has 4 nitrogen and oxygen atoms in total. The molecule has 1 atom stereocenters. The van der Waals surface area contributed by atoms with E-state index in [1.807, 2.05) is 6.92 Å². The lowest BCUT2D eigenvalue weighted by Gasteiger charge is -2.31. The Morgan fingerprint density at radius 2 is 2.00 bits per heavy atom. The van der Waals surface area contributed by atoms with Gasteiger partial charge >= 0.3 is 0 Å². The van der Waals surface area contributed by atoms with Crippen LogP contribution in [-0.2, 0) is 9.53 Å². The molecule has 1 saturated carbocycles. The maximum Gasteiger partial charge on any atom is 0.240 e. The summed E-state index contributed by atoms with van der Waals surface area (Å²) >= 11 is 0. The largest absolute Gasteiger partial charge is 0.373 e. The van der Waals surface area contributed by atoms with E-state index in [0.717, 1.165) is 38.7 Å². The molecule has 2 fully saturated rings. The summed E-state index contributed by atoms with van der Waals surface area (Å²) in [7, 11) is 0. The van der Waals surface area contributed by atoms with Crippen molar-refractivity contribution in [1.82, 2.24) is 5.32 Å². The smallest absolute Gasteiger partial charge is 0.240 e. The summed E-state index contributed by atoms with van der Waals surface area (Å²) in [5, 5.41) is 12.3. The Morgan fingerprint density at radius 1 is 1.28 bits per heavy atom. The van der Waals surface area contributed by atoms with Crippen LogP contribution >= 0.6 is 0 Å². The van der Waals surface area contributed by atoms with Gasteiger partial charge in [0.15, 0.2) is 0 Å². The zero-order valence-electron chi connectivity index (χ0n) is 11.1. The molecule has 0 aromatic carbocycles. The van der Waals surface area contributed by atoms with Gasteiger partial charge in [-0.05, 0) is 32.6 Å². The number of carbonyl (C=O) groups is 1. The number of amides is 1. The van der Waals surface area contributed by atoms with Gasteiger partial charge < -0.3 is 10.1 Å². The molecule has 0 aromatic rings. The quantitative estimate of drug-likeness (QED) is 0.834. The van der Waals surface area contributed by atoms with Gasteiger partial charge in [-0.25, -0.2) is 0 Å². The maximum atomic E-state index is 12.3. The van der Waals surface area contributed by atoms with Crippen LogP contribution in [0.25, 0.3) is 0 Å². The second-order valence-corrected chi connectivity index (χ2v) is 5.84. The minimum atomic E-state index is -0.785. The molecule has 0 spiro atoms. The second kappa shape index (κ2) is 5.27. The average molecular weight is 250 g/mol. The highest BCUT2D eigenvalue weighted by Gasteiger charge is 2.41. The molecule has 0 aromatic heterocycles. The first kappa shape index (κ1) is 13.4. The molecule has 0 radical (unpaired) electrons. The number of hydrogen-bond donors (Lipinski definition) is 1. The summed E-state index contributed by atoms with van der Waals surface area (Å²) in [6.45, 7) is 3.32. The van der Waals surface area contributed by atoms with Crippen molar-refractivity contribution < 1.29 is 9.53 Å². The van der Waals surface area contributed by atoms with Crippen molar-refractivity contribution in [2.75, 3.05) is 13.2 Å². The Labute approximate surface area is 109 Å². The number of hydrogen-bond acceptors (Lipinski definition) is 3. The summed E-state index contributed by atoms with van der Waals surface area (Å²) in [4.78, 5) is 12.3. The van der Waals surface area contributed by atoms with Gasteiger partial charge in [0.1, 0.15) is 5.41 Å². The standard InChI is InChI=1S/C14H22N2O2/c1-13(6-5-9-18-13)11-16-12(17)14(10-15)7-3-2-4-8-14/h2-9,11H2,1H3,(H,16,17). The highest BCUT2D eigenvalue weighted by molar-refractivity contribution is 5.85. The molecule has 2 aliphatic rings. The number of ether oxygens (including phenoxy) is 1. The number of rotatable bonds is 3. The van der Waals surface area contributed by atoms with Gasteiger partial charge in [0.2, 0.25) is 5.91 Å². The molecule has 1 N–H and O–H groups in total. The van der Waals surface area contributed by atoms with E-state index < -0.39 is 5.41 Å². The Hall–Kier alpha value is -1.08. The monoisotopic (exact) mass is 250 g/mol. The topological polar surface area (TPSA) is 62.1 Å². The predicted molar refractivity (Wildman–Crippen MR) is 67.7 cm³/mol. The fraction of sp³-hybridized carbons (Fsp3) is 0.857. The summed E-state index contributed by atoms with van der Waals surface area (Å²) in [5.41, 5.74) is -1.02. The lowest BCUT2D eigenvalue weighted by molar-refractivity contribution is -0.130. The molecular formula is C14H22N2O2. The lowest BCUT2D eigenvalue weighted by atomic mass is 9.74. The Morgan fingerprint density at radius 3 is 2.56 bits per heavy atom.